The van der Waals surface area contributed by atoms with Crippen LogP contribution in [0.15, 0.2) is 79.5 Å². The Hall–Kier alpha value is -4.06. The van der Waals surface area contributed by atoms with Crippen molar-refractivity contribution in [3.63, 3.8) is 0 Å². The van der Waals surface area contributed by atoms with Gasteiger partial charge < -0.3 is 30.0 Å². The molecule has 4 rings (SSSR count). The van der Waals surface area contributed by atoms with Gasteiger partial charge in [0.15, 0.2) is 0 Å². The minimum Gasteiger partial charge on any atom is -0.382 e. The lowest BCUT2D eigenvalue weighted by molar-refractivity contribution is -0.137. The minimum atomic E-state index is -4.57. The lowest BCUT2D eigenvalue weighted by Crippen LogP contribution is -2.26. The molecule has 1 amide bonds. The van der Waals surface area contributed by atoms with Crippen molar-refractivity contribution in [2.75, 3.05) is 37.7 Å². The second kappa shape index (κ2) is 12.2. The molecule has 2 aromatic carbocycles. The van der Waals surface area contributed by atoms with E-state index in [1.54, 1.807) is 43.9 Å². The van der Waals surface area contributed by atoms with E-state index in [2.05, 4.69) is 27.5 Å². The van der Waals surface area contributed by atoms with Crippen LogP contribution in [0.25, 0.3) is 16.6 Å². The highest BCUT2D eigenvalue weighted by atomic mass is 35.5. The molecule has 0 aliphatic rings. The number of rotatable bonds is 11. The van der Waals surface area contributed by atoms with Gasteiger partial charge in [0.05, 0.1) is 41.1 Å². The number of aromatic nitrogens is 2. The molecule has 4 aromatic rings. The third-order valence-corrected chi connectivity index (χ3v) is 5.96. The van der Waals surface area contributed by atoms with Crippen molar-refractivity contribution in [3.05, 3.63) is 95.7 Å². The number of nitrogens with zero attached hydrogens (tertiary/aromatic N) is 2. The van der Waals surface area contributed by atoms with Crippen molar-refractivity contribution in [2.24, 2.45) is 0 Å². The molecule has 0 fully saturated rings. The zero-order valence-electron chi connectivity index (χ0n) is 20.8. The van der Waals surface area contributed by atoms with E-state index in [9.17, 15) is 18.0 Å². The number of alkyl halides is 3. The molecule has 0 saturated carbocycles. The first-order chi connectivity index (χ1) is 18.7. The summed E-state index contributed by atoms with van der Waals surface area (Å²) in [6, 6.07) is 12.5. The lowest BCUT2D eigenvalue weighted by atomic mass is 10.2. The Bertz CT molecular complexity index is 1470. The van der Waals surface area contributed by atoms with Crippen molar-refractivity contribution in [3.8, 4) is 5.69 Å². The number of carbonyl (C=O) groups excluding carboxylic acids is 1. The summed E-state index contributed by atoms with van der Waals surface area (Å²) in [6.07, 6.45) is 0.428. The number of halogens is 4. The average Bonchev–Trinajstić information content (AvgIpc) is 3.29. The van der Waals surface area contributed by atoms with Gasteiger partial charge in [-0.25, -0.2) is 0 Å². The van der Waals surface area contributed by atoms with E-state index in [1.807, 2.05) is 16.7 Å². The molecule has 0 radical (unpaired) electrons. The molecule has 39 heavy (non-hydrogen) atoms. The molecular weight excluding hydrogens is 535 g/mol. The average molecular weight is 560 g/mol. The fraction of sp³-hybridized carbons (Fsp3) is 0.185. The summed E-state index contributed by atoms with van der Waals surface area (Å²) in [5.74, 6) is -0.0283. The van der Waals surface area contributed by atoms with Gasteiger partial charge in [-0.05, 0) is 48.5 Å². The quantitative estimate of drug-likeness (QED) is 0.153. The Morgan fingerprint density at radius 3 is 2.51 bits per heavy atom. The summed E-state index contributed by atoms with van der Waals surface area (Å²) in [6.45, 7) is 4.67. The van der Waals surface area contributed by atoms with Gasteiger partial charge >= 0.3 is 6.18 Å². The molecule has 0 atom stereocenters. The number of hydrogen-bond donors (Lipinski definition) is 3. The second-order valence-electron chi connectivity index (χ2n) is 8.32. The van der Waals surface area contributed by atoms with Crippen LogP contribution in [-0.4, -0.2) is 42.5 Å². The molecule has 204 valence electrons. The number of fused-ring (bicyclic) bond motifs is 1. The number of amides is 1. The van der Waals surface area contributed by atoms with Crippen LogP contribution in [0.4, 0.5) is 24.5 Å². The standard InChI is InChI=1S/C27H25ClF3N5O3/c1-17(35-19-5-8-24(28)23(13-19)27(29,30)31)34-18-3-6-20(7-4-18)36-15-22(21-9-10-32-14-25(21)36)26(37)33-16-39-12-11-38-2/h3-10,13-15,34-35H,1,11-12,16H2,2H3,(H,33,37). The van der Waals surface area contributed by atoms with Crippen LogP contribution in [0.1, 0.15) is 15.9 Å². The van der Waals surface area contributed by atoms with E-state index in [0.29, 0.717) is 24.5 Å². The van der Waals surface area contributed by atoms with Crippen LogP contribution in [0.3, 0.4) is 0 Å². The zero-order valence-corrected chi connectivity index (χ0v) is 21.6. The van der Waals surface area contributed by atoms with Gasteiger partial charge in [0.25, 0.3) is 5.91 Å². The number of carbonyl (C=O) groups is 1. The van der Waals surface area contributed by atoms with Crippen LogP contribution in [0.2, 0.25) is 5.02 Å². The Kier molecular flexibility index (Phi) is 8.75. The van der Waals surface area contributed by atoms with Crippen molar-refractivity contribution in [1.29, 1.82) is 0 Å². The molecular formula is C27H25ClF3N5O3. The van der Waals surface area contributed by atoms with Crippen molar-refractivity contribution in [2.45, 2.75) is 6.18 Å². The summed E-state index contributed by atoms with van der Waals surface area (Å²) in [5, 5.41) is 8.89. The predicted molar refractivity (Wildman–Crippen MR) is 144 cm³/mol. The summed E-state index contributed by atoms with van der Waals surface area (Å²) in [4.78, 5) is 17.0. The van der Waals surface area contributed by atoms with Gasteiger partial charge in [-0.2, -0.15) is 13.2 Å². The normalized spacial score (nSPS) is 11.4. The first-order valence-corrected chi connectivity index (χ1v) is 12.0. The molecule has 0 aliphatic heterocycles. The highest BCUT2D eigenvalue weighted by molar-refractivity contribution is 6.31. The van der Waals surface area contributed by atoms with E-state index in [1.165, 1.54) is 12.1 Å². The number of hydrogen-bond acceptors (Lipinski definition) is 6. The van der Waals surface area contributed by atoms with Gasteiger partial charge in [-0.3, -0.25) is 9.78 Å². The summed E-state index contributed by atoms with van der Waals surface area (Å²) >= 11 is 5.68. The van der Waals surface area contributed by atoms with Gasteiger partial charge in [0.1, 0.15) is 12.6 Å². The predicted octanol–water partition coefficient (Wildman–Crippen LogP) is 6.04. The third-order valence-electron chi connectivity index (χ3n) is 5.63. The van der Waals surface area contributed by atoms with Crippen LogP contribution >= 0.6 is 11.6 Å². The topological polar surface area (TPSA) is 89.4 Å². The van der Waals surface area contributed by atoms with Crippen molar-refractivity contribution >= 4 is 39.8 Å². The third kappa shape index (κ3) is 6.88. The van der Waals surface area contributed by atoms with Gasteiger partial charge in [0.2, 0.25) is 0 Å². The van der Waals surface area contributed by atoms with E-state index < -0.39 is 11.7 Å². The Balaban J connectivity index is 1.46. The summed E-state index contributed by atoms with van der Waals surface area (Å²) in [5.41, 5.74) is 1.84. The lowest BCUT2D eigenvalue weighted by Gasteiger charge is -2.15. The summed E-state index contributed by atoms with van der Waals surface area (Å²) in [7, 11) is 1.57. The van der Waals surface area contributed by atoms with Crippen LogP contribution in [0, 0.1) is 0 Å². The molecule has 2 heterocycles. The zero-order chi connectivity index (χ0) is 28.0. The maximum atomic E-state index is 13.1. The minimum absolute atomic E-state index is 0.0474. The van der Waals surface area contributed by atoms with Crippen LogP contribution in [-0.2, 0) is 15.7 Å². The second-order valence-corrected chi connectivity index (χ2v) is 8.73. The highest BCUT2D eigenvalue weighted by Gasteiger charge is 2.33. The molecule has 0 spiro atoms. The fourth-order valence-corrected chi connectivity index (χ4v) is 4.02. The maximum Gasteiger partial charge on any atom is 0.417 e. The number of ether oxygens (including phenoxy) is 2. The Morgan fingerprint density at radius 1 is 1.08 bits per heavy atom. The number of methoxy groups -OCH3 is 1. The molecule has 12 heteroatoms. The highest BCUT2D eigenvalue weighted by Crippen LogP contribution is 2.36. The SMILES string of the molecule is C=C(Nc1ccc(-n2cc(C(=O)NCOCCOC)c3ccncc32)cc1)Nc1ccc(Cl)c(C(F)(F)F)c1. The van der Waals surface area contributed by atoms with Crippen molar-refractivity contribution < 1.29 is 27.4 Å². The largest absolute Gasteiger partial charge is 0.417 e. The Morgan fingerprint density at radius 2 is 1.79 bits per heavy atom. The van der Waals surface area contributed by atoms with E-state index in [0.717, 1.165) is 22.7 Å². The molecule has 0 unspecified atom stereocenters. The van der Waals surface area contributed by atoms with Gasteiger partial charge in [-0.1, -0.05) is 18.2 Å². The maximum absolute atomic E-state index is 13.1. The molecule has 0 saturated heterocycles. The molecule has 2 aromatic heterocycles. The van der Waals surface area contributed by atoms with E-state index >= 15 is 0 Å². The molecule has 0 aliphatic carbocycles. The van der Waals surface area contributed by atoms with Crippen LogP contribution in [0.5, 0.6) is 0 Å². The van der Waals surface area contributed by atoms with E-state index in [-0.39, 0.29) is 29.2 Å². The first-order valence-electron chi connectivity index (χ1n) is 11.7. The summed E-state index contributed by atoms with van der Waals surface area (Å²) < 4.78 is 51.5. The number of nitrogens with one attached hydrogen (secondary N) is 3. The molecule has 8 nitrogen and oxygen atoms in total. The van der Waals surface area contributed by atoms with Crippen LogP contribution < -0.4 is 16.0 Å². The number of benzene rings is 2. The fourth-order valence-electron chi connectivity index (χ4n) is 3.80. The van der Waals surface area contributed by atoms with Gasteiger partial charge in [0, 0.05) is 42.0 Å². The molecule has 3 N–H and O–H groups in total. The smallest absolute Gasteiger partial charge is 0.382 e. The number of pyridine rings is 1. The first kappa shape index (κ1) is 28.0. The number of anilines is 2. The van der Waals surface area contributed by atoms with E-state index in [4.69, 9.17) is 21.1 Å². The van der Waals surface area contributed by atoms with Gasteiger partial charge in [-0.15, -0.1) is 0 Å². The molecule has 0 bridgehead atoms. The Labute approximate surface area is 227 Å². The monoisotopic (exact) mass is 559 g/mol. The van der Waals surface area contributed by atoms with Crippen molar-refractivity contribution in [1.82, 2.24) is 14.9 Å².